The quantitative estimate of drug-likeness (QED) is 0.794. The fourth-order valence-corrected chi connectivity index (χ4v) is 2.61. The second-order valence-corrected chi connectivity index (χ2v) is 6.00. The van der Waals surface area contributed by atoms with Crippen LogP contribution >= 0.6 is 0 Å². The van der Waals surface area contributed by atoms with Crippen molar-refractivity contribution in [3.05, 3.63) is 54.1 Å². The van der Waals surface area contributed by atoms with Gasteiger partial charge in [-0.2, -0.15) is 13.7 Å². The molecule has 0 aliphatic heterocycles. The predicted octanol–water partition coefficient (Wildman–Crippen LogP) is 1.22. The van der Waals surface area contributed by atoms with E-state index in [9.17, 15) is 13.2 Å². The summed E-state index contributed by atoms with van der Waals surface area (Å²) in [5.41, 5.74) is 6.00. The van der Waals surface area contributed by atoms with Crippen LogP contribution in [0.4, 0.5) is 5.69 Å². The summed E-state index contributed by atoms with van der Waals surface area (Å²) in [4.78, 5) is 11.1. The van der Waals surface area contributed by atoms with E-state index in [-0.39, 0.29) is 23.1 Å². The van der Waals surface area contributed by atoms with Crippen molar-refractivity contribution in [2.24, 2.45) is 5.73 Å². The van der Waals surface area contributed by atoms with Gasteiger partial charge in [-0.05, 0) is 48.5 Å². The monoisotopic (exact) mass is 331 g/mol. The zero-order valence-corrected chi connectivity index (χ0v) is 12.7. The van der Waals surface area contributed by atoms with Gasteiger partial charge in [0.05, 0.1) is 18.2 Å². The molecule has 0 radical (unpaired) electrons. The summed E-state index contributed by atoms with van der Waals surface area (Å²) in [6.07, 6.45) is 0. The largest absolute Gasteiger partial charge is 0.379 e. The normalized spacial score (nSPS) is 10.6. The SMILES string of the molecule is N#Cc1ccc(OS(=O)(=O)c2ccc(NC(=O)CN)cc2)cc1. The first kappa shape index (κ1) is 16.5. The van der Waals surface area contributed by atoms with Crippen molar-refractivity contribution in [3.8, 4) is 11.8 Å². The van der Waals surface area contributed by atoms with Crippen LogP contribution in [0, 0.1) is 11.3 Å². The standard InChI is InChI=1S/C15H13N3O4S/c16-9-11-1-5-13(6-2-11)22-23(20,21)14-7-3-12(4-8-14)18-15(19)10-17/h1-8H,10,17H2,(H,18,19). The Balaban J connectivity index is 2.15. The second kappa shape index (κ2) is 6.91. The second-order valence-electron chi connectivity index (χ2n) is 4.45. The fourth-order valence-electron chi connectivity index (χ4n) is 1.68. The molecule has 0 saturated heterocycles. The highest BCUT2D eigenvalue weighted by Crippen LogP contribution is 2.20. The minimum Gasteiger partial charge on any atom is -0.379 e. The number of anilines is 1. The summed E-state index contributed by atoms with van der Waals surface area (Å²) in [6, 6.07) is 13.1. The number of hydrogen-bond acceptors (Lipinski definition) is 6. The van der Waals surface area contributed by atoms with Gasteiger partial charge >= 0.3 is 10.1 Å². The number of nitrogens with two attached hydrogens (primary N) is 1. The molecule has 0 aliphatic carbocycles. The number of carbonyl (C=O) groups excluding carboxylic acids is 1. The van der Waals surface area contributed by atoms with Gasteiger partial charge in [-0.1, -0.05) is 0 Å². The minimum absolute atomic E-state index is 0.0624. The summed E-state index contributed by atoms with van der Waals surface area (Å²) in [7, 11) is -4.00. The molecule has 2 aromatic carbocycles. The van der Waals surface area contributed by atoms with E-state index in [1.807, 2.05) is 6.07 Å². The lowest BCUT2D eigenvalue weighted by molar-refractivity contribution is -0.114. The van der Waals surface area contributed by atoms with Crippen LogP contribution in [-0.2, 0) is 14.9 Å². The molecule has 7 nitrogen and oxygen atoms in total. The highest BCUT2D eigenvalue weighted by atomic mass is 32.2. The maximum absolute atomic E-state index is 12.2. The fraction of sp³-hybridized carbons (Fsp3) is 0.0667. The maximum Gasteiger partial charge on any atom is 0.339 e. The number of benzene rings is 2. The molecular weight excluding hydrogens is 318 g/mol. The summed E-state index contributed by atoms with van der Waals surface area (Å²) in [6.45, 7) is -0.165. The first-order valence-electron chi connectivity index (χ1n) is 6.49. The van der Waals surface area contributed by atoms with Gasteiger partial charge in [-0.3, -0.25) is 4.79 Å². The third-order valence-electron chi connectivity index (χ3n) is 2.80. The van der Waals surface area contributed by atoms with Crippen LogP contribution in [0.2, 0.25) is 0 Å². The van der Waals surface area contributed by atoms with Crippen LogP contribution in [-0.4, -0.2) is 20.9 Å². The van der Waals surface area contributed by atoms with Crippen molar-refractivity contribution < 1.29 is 17.4 Å². The highest BCUT2D eigenvalue weighted by molar-refractivity contribution is 7.87. The van der Waals surface area contributed by atoms with Gasteiger partial charge < -0.3 is 15.2 Å². The van der Waals surface area contributed by atoms with Gasteiger partial charge in [-0.15, -0.1) is 0 Å². The van der Waals surface area contributed by atoms with Gasteiger partial charge in [-0.25, -0.2) is 0 Å². The Morgan fingerprint density at radius 3 is 2.26 bits per heavy atom. The third-order valence-corrected chi connectivity index (χ3v) is 4.06. The average Bonchev–Trinajstić information content (AvgIpc) is 2.55. The Labute approximate surface area is 133 Å². The molecule has 3 N–H and O–H groups in total. The topological polar surface area (TPSA) is 122 Å². The molecule has 118 valence electrons. The Morgan fingerprint density at radius 1 is 1.13 bits per heavy atom. The van der Waals surface area contributed by atoms with Gasteiger partial charge in [0.15, 0.2) is 0 Å². The number of carbonyl (C=O) groups is 1. The van der Waals surface area contributed by atoms with E-state index in [2.05, 4.69) is 5.32 Å². The van der Waals surface area contributed by atoms with E-state index < -0.39 is 10.1 Å². The molecule has 1 amide bonds. The number of nitrogens with zero attached hydrogens (tertiary/aromatic N) is 1. The lowest BCUT2D eigenvalue weighted by atomic mass is 10.2. The highest BCUT2D eigenvalue weighted by Gasteiger charge is 2.16. The molecular formula is C15H13N3O4S. The van der Waals surface area contributed by atoms with Crippen molar-refractivity contribution in [2.45, 2.75) is 4.90 Å². The lowest BCUT2D eigenvalue weighted by Gasteiger charge is -2.08. The summed E-state index contributed by atoms with van der Waals surface area (Å²) in [5, 5.41) is 11.2. The lowest BCUT2D eigenvalue weighted by Crippen LogP contribution is -2.21. The molecule has 0 aromatic heterocycles. The summed E-state index contributed by atoms with van der Waals surface area (Å²) in [5.74, 6) is -0.279. The maximum atomic E-state index is 12.2. The van der Waals surface area contributed by atoms with Crippen molar-refractivity contribution in [3.63, 3.8) is 0 Å². The molecule has 0 fully saturated rings. The molecule has 0 bridgehead atoms. The van der Waals surface area contributed by atoms with Crippen LogP contribution in [0.1, 0.15) is 5.56 Å². The van der Waals surface area contributed by atoms with E-state index in [1.54, 1.807) is 0 Å². The molecule has 0 heterocycles. The number of amides is 1. The third kappa shape index (κ3) is 4.29. The van der Waals surface area contributed by atoms with Crippen molar-refractivity contribution in [1.29, 1.82) is 5.26 Å². The first-order chi connectivity index (χ1) is 10.9. The van der Waals surface area contributed by atoms with Crippen LogP contribution in [0.3, 0.4) is 0 Å². The van der Waals surface area contributed by atoms with Crippen molar-refractivity contribution >= 4 is 21.7 Å². The molecule has 0 aliphatic rings. The van der Waals surface area contributed by atoms with Gasteiger partial charge in [0.1, 0.15) is 10.6 Å². The van der Waals surface area contributed by atoms with Crippen molar-refractivity contribution in [2.75, 3.05) is 11.9 Å². The van der Waals surface area contributed by atoms with Crippen molar-refractivity contribution in [1.82, 2.24) is 0 Å². The van der Waals surface area contributed by atoms with Crippen LogP contribution in [0.25, 0.3) is 0 Å². The smallest absolute Gasteiger partial charge is 0.339 e. The van der Waals surface area contributed by atoms with E-state index in [0.29, 0.717) is 11.3 Å². The van der Waals surface area contributed by atoms with Crippen LogP contribution in [0.5, 0.6) is 5.75 Å². The molecule has 2 rings (SSSR count). The Hall–Kier alpha value is -2.89. The molecule has 0 unspecified atom stereocenters. The molecule has 0 spiro atoms. The summed E-state index contributed by atoms with van der Waals surface area (Å²) < 4.78 is 29.3. The molecule has 23 heavy (non-hydrogen) atoms. The minimum atomic E-state index is -4.00. The number of rotatable bonds is 5. The molecule has 0 saturated carbocycles. The van der Waals surface area contributed by atoms with Crippen LogP contribution < -0.4 is 15.2 Å². The zero-order valence-electron chi connectivity index (χ0n) is 11.9. The summed E-state index contributed by atoms with van der Waals surface area (Å²) >= 11 is 0. The molecule has 2 aromatic rings. The van der Waals surface area contributed by atoms with E-state index in [0.717, 1.165) is 0 Å². The van der Waals surface area contributed by atoms with E-state index in [4.69, 9.17) is 15.2 Å². The first-order valence-corrected chi connectivity index (χ1v) is 7.90. The van der Waals surface area contributed by atoms with Crippen LogP contribution in [0.15, 0.2) is 53.4 Å². The molecule has 0 atom stereocenters. The Bertz CT molecular complexity index is 838. The van der Waals surface area contributed by atoms with E-state index >= 15 is 0 Å². The Morgan fingerprint density at radius 2 is 1.74 bits per heavy atom. The zero-order chi connectivity index (χ0) is 16.9. The predicted molar refractivity (Wildman–Crippen MR) is 83.1 cm³/mol. The number of nitrogens with one attached hydrogen (secondary N) is 1. The van der Waals surface area contributed by atoms with E-state index in [1.165, 1.54) is 48.5 Å². The number of nitriles is 1. The number of hydrogen-bond donors (Lipinski definition) is 2. The Kier molecular flexibility index (Phi) is 4.95. The van der Waals surface area contributed by atoms with Gasteiger partial charge in [0.2, 0.25) is 5.91 Å². The van der Waals surface area contributed by atoms with Gasteiger partial charge in [0.25, 0.3) is 0 Å². The average molecular weight is 331 g/mol. The molecule has 8 heteroatoms. The van der Waals surface area contributed by atoms with Gasteiger partial charge in [0, 0.05) is 5.69 Å².